The molecule has 2 fully saturated rings. The molecule has 2 heterocycles. The summed E-state index contributed by atoms with van der Waals surface area (Å²) >= 11 is 0. The fraction of sp³-hybridized carbons (Fsp3) is 0.700. The average molecular weight is 196 g/mol. The van der Waals surface area contributed by atoms with Gasteiger partial charge in [0.05, 0.1) is 19.6 Å². The first kappa shape index (κ1) is 8.44. The maximum Gasteiger partial charge on any atom is 0.306 e. The molecule has 0 aromatic heterocycles. The van der Waals surface area contributed by atoms with Crippen molar-refractivity contribution in [1.82, 2.24) is 0 Å². The van der Waals surface area contributed by atoms with Gasteiger partial charge in [-0.3, -0.25) is 4.79 Å². The molecule has 0 N–H and O–H groups in total. The summed E-state index contributed by atoms with van der Waals surface area (Å²) < 4.78 is 16.3. The van der Waals surface area contributed by atoms with Crippen LogP contribution in [0.2, 0.25) is 0 Å². The lowest BCUT2D eigenvalue weighted by Crippen LogP contribution is -2.47. The summed E-state index contributed by atoms with van der Waals surface area (Å²) in [6.45, 7) is 1.22. The zero-order chi connectivity index (χ0) is 9.60. The Hall–Kier alpha value is -0.870. The molecule has 1 spiro atoms. The topological polar surface area (TPSA) is 44.8 Å². The second-order valence-electron chi connectivity index (χ2n) is 3.94. The fourth-order valence-electron chi connectivity index (χ4n) is 2.41. The SMILES string of the molecule is O=C1CC2CC(C=CC23OCCO3)O1. The molecule has 0 amide bonds. The Morgan fingerprint density at radius 3 is 2.93 bits per heavy atom. The van der Waals surface area contributed by atoms with E-state index in [0.717, 1.165) is 6.42 Å². The van der Waals surface area contributed by atoms with Crippen molar-refractivity contribution < 1.29 is 19.0 Å². The van der Waals surface area contributed by atoms with E-state index >= 15 is 0 Å². The van der Waals surface area contributed by atoms with Gasteiger partial charge in [-0.15, -0.1) is 0 Å². The van der Waals surface area contributed by atoms with Crippen LogP contribution in [0.1, 0.15) is 12.8 Å². The molecule has 0 radical (unpaired) electrons. The predicted molar refractivity (Wildman–Crippen MR) is 46.4 cm³/mol. The lowest BCUT2D eigenvalue weighted by atomic mass is 9.82. The largest absolute Gasteiger partial charge is 0.458 e. The van der Waals surface area contributed by atoms with Gasteiger partial charge in [0.1, 0.15) is 6.10 Å². The van der Waals surface area contributed by atoms with E-state index in [0.29, 0.717) is 19.6 Å². The van der Waals surface area contributed by atoms with Gasteiger partial charge >= 0.3 is 5.97 Å². The molecule has 4 heteroatoms. The van der Waals surface area contributed by atoms with Crippen LogP contribution in [0.3, 0.4) is 0 Å². The second kappa shape index (κ2) is 2.81. The molecule has 2 bridgehead atoms. The maximum absolute atomic E-state index is 11.2. The Balaban J connectivity index is 1.93. The van der Waals surface area contributed by atoms with Crippen molar-refractivity contribution in [3.05, 3.63) is 12.2 Å². The minimum absolute atomic E-state index is 0.0697. The molecule has 76 valence electrons. The van der Waals surface area contributed by atoms with Gasteiger partial charge in [0, 0.05) is 5.92 Å². The van der Waals surface area contributed by atoms with Gasteiger partial charge in [0.2, 0.25) is 0 Å². The van der Waals surface area contributed by atoms with Crippen molar-refractivity contribution in [2.45, 2.75) is 24.7 Å². The summed E-state index contributed by atoms with van der Waals surface area (Å²) in [5.41, 5.74) is 0. The molecule has 3 aliphatic rings. The smallest absolute Gasteiger partial charge is 0.306 e. The van der Waals surface area contributed by atoms with Gasteiger partial charge < -0.3 is 14.2 Å². The Kier molecular flexibility index (Phi) is 1.69. The molecule has 4 nitrogen and oxygen atoms in total. The van der Waals surface area contributed by atoms with Crippen LogP contribution in [0.25, 0.3) is 0 Å². The lowest BCUT2D eigenvalue weighted by Gasteiger charge is -2.40. The van der Waals surface area contributed by atoms with Crippen LogP contribution < -0.4 is 0 Å². The first-order valence-electron chi connectivity index (χ1n) is 4.95. The van der Waals surface area contributed by atoms with Crippen molar-refractivity contribution in [1.29, 1.82) is 0 Å². The Morgan fingerprint density at radius 1 is 1.36 bits per heavy atom. The van der Waals surface area contributed by atoms with Crippen LogP contribution in [-0.4, -0.2) is 31.1 Å². The Morgan fingerprint density at radius 2 is 2.14 bits per heavy atom. The van der Waals surface area contributed by atoms with E-state index in [1.165, 1.54) is 0 Å². The monoisotopic (exact) mass is 196 g/mol. The zero-order valence-electron chi connectivity index (χ0n) is 7.77. The van der Waals surface area contributed by atoms with E-state index < -0.39 is 5.79 Å². The number of hydrogen-bond donors (Lipinski definition) is 0. The van der Waals surface area contributed by atoms with Crippen LogP contribution in [0.15, 0.2) is 12.2 Å². The first-order valence-corrected chi connectivity index (χ1v) is 4.95. The van der Waals surface area contributed by atoms with Gasteiger partial charge in [-0.1, -0.05) is 0 Å². The van der Waals surface area contributed by atoms with E-state index in [2.05, 4.69) is 0 Å². The number of esters is 1. The van der Waals surface area contributed by atoms with Crippen molar-refractivity contribution in [3.63, 3.8) is 0 Å². The molecular weight excluding hydrogens is 184 g/mol. The normalized spacial score (nSPS) is 38.7. The highest BCUT2D eigenvalue weighted by Gasteiger charge is 2.49. The quantitative estimate of drug-likeness (QED) is 0.421. The molecule has 2 aliphatic heterocycles. The second-order valence-corrected chi connectivity index (χ2v) is 3.94. The number of fused-ring (bicyclic) bond motifs is 3. The van der Waals surface area contributed by atoms with E-state index in [-0.39, 0.29) is 18.0 Å². The molecule has 2 atom stereocenters. The highest BCUT2D eigenvalue weighted by molar-refractivity contribution is 5.71. The number of ether oxygens (including phenoxy) is 3. The summed E-state index contributed by atoms with van der Waals surface area (Å²) in [6, 6.07) is 0. The summed E-state index contributed by atoms with van der Waals surface area (Å²) in [6.07, 6.45) is 4.94. The molecule has 1 aliphatic carbocycles. The van der Waals surface area contributed by atoms with Crippen LogP contribution in [0.4, 0.5) is 0 Å². The van der Waals surface area contributed by atoms with E-state index in [1.807, 2.05) is 12.2 Å². The first-order chi connectivity index (χ1) is 6.78. The van der Waals surface area contributed by atoms with Gasteiger partial charge in [-0.25, -0.2) is 0 Å². The zero-order valence-corrected chi connectivity index (χ0v) is 7.77. The summed E-state index contributed by atoms with van der Waals surface area (Å²) in [5.74, 6) is -0.647. The molecule has 0 aromatic rings. The molecule has 2 saturated heterocycles. The maximum atomic E-state index is 11.2. The third-order valence-corrected chi connectivity index (χ3v) is 3.06. The molecule has 2 unspecified atom stereocenters. The van der Waals surface area contributed by atoms with Crippen molar-refractivity contribution in [2.24, 2.45) is 5.92 Å². The van der Waals surface area contributed by atoms with Crippen LogP contribution in [-0.2, 0) is 19.0 Å². The molecular formula is C10H12O4. The van der Waals surface area contributed by atoms with Crippen LogP contribution in [0.5, 0.6) is 0 Å². The number of carbonyl (C=O) groups is 1. The Bertz CT molecular complexity index is 290. The van der Waals surface area contributed by atoms with Crippen LogP contribution >= 0.6 is 0 Å². The van der Waals surface area contributed by atoms with E-state index in [4.69, 9.17) is 14.2 Å². The predicted octanol–water partition coefficient (Wildman–Crippen LogP) is 0.621. The average Bonchev–Trinajstić information content (AvgIpc) is 2.62. The lowest BCUT2D eigenvalue weighted by molar-refractivity contribution is -0.196. The highest BCUT2D eigenvalue weighted by Crippen LogP contribution is 2.41. The van der Waals surface area contributed by atoms with Crippen LogP contribution in [0, 0.1) is 5.92 Å². The van der Waals surface area contributed by atoms with Gasteiger partial charge in [-0.05, 0) is 18.6 Å². The number of rotatable bonds is 0. The third-order valence-electron chi connectivity index (χ3n) is 3.06. The third kappa shape index (κ3) is 1.11. The standard InChI is InChI=1S/C10H12O4/c11-9-6-7-5-8(14-9)1-2-10(7)12-3-4-13-10/h1-2,7-8H,3-6H2. The summed E-state index contributed by atoms with van der Waals surface area (Å²) in [7, 11) is 0. The van der Waals surface area contributed by atoms with Crippen molar-refractivity contribution >= 4 is 5.97 Å². The Labute approximate surface area is 81.8 Å². The molecule has 0 aromatic carbocycles. The minimum atomic E-state index is -0.629. The minimum Gasteiger partial charge on any atom is -0.458 e. The van der Waals surface area contributed by atoms with Crippen molar-refractivity contribution in [2.75, 3.05) is 13.2 Å². The van der Waals surface area contributed by atoms with E-state index in [1.54, 1.807) is 0 Å². The van der Waals surface area contributed by atoms with Crippen molar-refractivity contribution in [3.8, 4) is 0 Å². The van der Waals surface area contributed by atoms with Gasteiger partial charge in [-0.2, -0.15) is 0 Å². The highest BCUT2D eigenvalue weighted by atomic mass is 16.7. The fourth-order valence-corrected chi connectivity index (χ4v) is 2.41. The number of carbonyl (C=O) groups excluding carboxylic acids is 1. The summed E-state index contributed by atoms with van der Waals surface area (Å²) in [5, 5.41) is 0. The molecule has 0 saturated carbocycles. The summed E-state index contributed by atoms with van der Waals surface area (Å²) in [4.78, 5) is 11.2. The number of hydrogen-bond acceptors (Lipinski definition) is 4. The molecule has 14 heavy (non-hydrogen) atoms. The van der Waals surface area contributed by atoms with Gasteiger partial charge in [0.25, 0.3) is 0 Å². The van der Waals surface area contributed by atoms with E-state index in [9.17, 15) is 4.79 Å². The van der Waals surface area contributed by atoms with Gasteiger partial charge in [0.15, 0.2) is 5.79 Å². The molecule has 3 rings (SSSR count).